The molecule has 140 valence electrons. The second-order valence-corrected chi connectivity index (χ2v) is 8.68. The van der Waals surface area contributed by atoms with Gasteiger partial charge in [0.25, 0.3) is 0 Å². The van der Waals surface area contributed by atoms with E-state index in [0.717, 1.165) is 42.6 Å². The number of carbonyl (C=O) groups excluding carboxylic acids is 2. The minimum absolute atomic E-state index is 0.0261. The van der Waals surface area contributed by atoms with Gasteiger partial charge in [-0.05, 0) is 80.9 Å². The van der Waals surface area contributed by atoms with Crippen molar-refractivity contribution in [2.45, 2.75) is 51.9 Å². The number of ether oxygens (including phenoxy) is 1. The van der Waals surface area contributed by atoms with Crippen LogP contribution in [0.1, 0.15) is 51.0 Å². The molecule has 0 radical (unpaired) electrons. The van der Waals surface area contributed by atoms with Gasteiger partial charge in [-0.25, -0.2) is 0 Å². The minimum Gasteiger partial charge on any atom is -0.486 e. The number of hydrogen-bond donors (Lipinski definition) is 1. The Labute approximate surface area is 155 Å². The molecule has 4 nitrogen and oxygen atoms in total. The van der Waals surface area contributed by atoms with Gasteiger partial charge in [-0.2, -0.15) is 0 Å². The molecule has 1 aromatic rings. The molecule has 0 aliphatic heterocycles. The van der Waals surface area contributed by atoms with Crippen LogP contribution in [0.4, 0.5) is 0 Å². The van der Waals surface area contributed by atoms with Crippen LogP contribution in [0.3, 0.4) is 0 Å². The Kier molecular flexibility index (Phi) is 4.76. The topological polar surface area (TPSA) is 55.4 Å². The van der Waals surface area contributed by atoms with Gasteiger partial charge in [0.15, 0.2) is 5.78 Å². The summed E-state index contributed by atoms with van der Waals surface area (Å²) in [6.45, 7) is 2.74. The minimum atomic E-state index is -0.0903. The maximum absolute atomic E-state index is 13.0. The Hall–Kier alpha value is -1.84. The lowest BCUT2D eigenvalue weighted by Gasteiger charge is -2.55. The molecule has 4 heteroatoms. The molecule has 0 unspecified atom stereocenters. The molecule has 4 bridgehead atoms. The third-order valence-corrected chi connectivity index (χ3v) is 6.66. The maximum atomic E-state index is 13.0. The van der Waals surface area contributed by atoms with Gasteiger partial charge in [0.2, 0.25) is 5.91 Å². The second kappa shape index (κ2) is 7.05. The van der Waals surface area contributed by atoms with Crippen molar-refractivity contribution in [3.63, 3.8) is 0 Å². The van der Waals surface area contributed by atoms with E-state index in [9.17, 15) is 9.59 Å². The van der Waals surface area contributed by atoms with Gasteiger partial charge >= 0.3 is 0 Å². The van der Waals surface area contributed by atoms with Gasteiger partial charge in [-0.15, -0.1) is 0 Å². The maximum Gasteiger partial charge on any atom is 0.224 e. The highest BCUT2D eigenvalue weighted by atomic mass is 16.5. The monoisotopic (exact) mass is 355 g/mol. The molecule has 0 heterocycles. The lowest BCUT2D eigenvalue weighted by Crippen LogP contribution is -2.51. The fraction of sp³-hybridized carbons (Fsp3) is 0.636. The molecule has 0 aromatic heterocycles. The summed E-state index contributed by atoms with van der Waals surface area (Å²) >= 11 is 0. The number of likely N-dealkylation sites (N-methyl/N-ethyl adjacent to an activating group) is 1. The molecule has 1 amide bonds. The molecule has 4 aliphatic carbocycles. The average molecular weight is 355 g/mol. The van der Waals surface area contributed by atoms with Gasteiger partial charge in [-0.1, -0.05) is 12.1 Å². The van der Waals surface area contributed by atoms with E-state index in [2.05, 4.69) is 5.32 Å². The summed E-state index contributed by atoms with van der Waals surface area (Å²) in [6, 6.07) is 7.53. The summed E-state index contributed by atoms with van der Waals surface area (Å²) in [5.41, 5.74) is 0.864. The van der Waals surface area contributed by atoms with Crippen molar-refractivity contribution in [3.05, 3.63) is 29.8 Å². The first-order valence-corrected chi connectivity index (χ1v) is 10.1. The Morgan fingerprint density at radius 2 is 1.62 bits per heavy atom. The number of nitrogens with one attached hydrogen (secondary N) is 1. The van der Waals surface area contributed by atoms with E-state index in [1.807, 2.05) is 31.2 Å². The van der Waals surface area contributed by atoms with Crippen molar-refractivity contribution in [1.29, 1.82) is 0 Å². The van der Waals surface area contributed by atoms with E-state index in [1.54, 1.807) is 0 Å². The highest BCUT2D eigenvalue weighted by Crippen LogP contribution is 2.60. The number of hydrogen-bond acceptors (Lipinski definition) is 3. The molecule has 4 saturated carbocycles. The Morgan fingerprint density at radius 3 is 2.15 bits per heavy atom. The van der Waals surface area contributed by atoms with Crippen LogP contribution in [0.5, 0.6) is 5.75 Å². The second-order valence-electron chi connectivity index (χ2n) is 8.68. The third kappa shape index (κ3) is 3.51. The first-order chi connectivity index (χ1) is 12.6. The van der Waals surface area contributed by atoms with E-state index in [0.29, 0.717) is 24.5 Å². The lowest BCUT2D eigenvalue weighted by atomic mass is 9.48. The van der Waals surface area contributed by atoms with Gasteiger partial charge in [-0.3, -0.25) is 9.59 Å². The summed E-state index contributed by atoms with van der Waals surface area (Å²) in [6.07, 6.45) is 7.69. The van der Waals surface area contributed by atoms with Gasteiger partial charge in [0.1, 0.15) is 12.4 Å². The predicted octanol–water partition coefficient (Wildman–Crippen LogP) is 3.53. The van der Waals surface area contributed by atoms with Gasteiger partial charge < -0.3 is 10.1 Å². The van der Waals surface area contributed by atoms with Crippen molar-refractivity contribution in [1.82, 2.24) is 5.32 Å². The fourth-order valence-corrected chi connectivity index (χ4v) is 5.90. The summed E-state index contributed by atoms with van der Waals surface area (Å²) in [7, 11) is 0. The molecule has 1 N–H and O–H groups in total. The number of rotatable bonds is 7. The zero-order valence-corrected chi connectivity index (χ0v) is 15.6. The van der Waals surface area contributed by atoms with Crippen molar-refractivity contribution in [2.75, 3.05) is 13.2 Å². The quantitative estimate of drug-likeness (QED) is 0.814. The van der Waals surface area contributed by atoms with Crippen molar-refractivity contribution >= 4 is 11.7 Å². The first kappa shape index (κ1) is 17.6. The Bertz CT molecular complexity index is 644. The van der Waals surface area contributed by atoms with Crippen molar-refractivity contribution < 1.29 is 14.3 Å². The molecule has 26 heavy (non-hydrogen) atoms. The molecule has 0 atom stereocenters. The Balaban J connectivity index is 1.33. The van der Waals surface area contributed by atoms with E-state index >= 15 is 0 Å². The molecule has 4 aliphatic rings. The zero-order chi connectivity index (χ0) is 18.1. The van der Waals surface area contributed by atoms with Crippen molar-refractivity contribution in [3.8, 4) is 5.75 Å². The number of amides is 1. The van der Waals surface area contributed by atoms with E-state index in [1.165, 1.54) is 19.3 Å². The number of Topliss-reactive ketones (excluding diaryl/α,β-unsaturated/α-hetero) is 1. The van der Waals surface area contributed by atoms with Gasteiger partial charge in [0, 0.05) is 12.0 Å². The summed E-state index contributed by atoms with van der Waals surface area (Å²) in [4.78, 5) is 24.6. The lowest BCUT2D eigenvalue weighted by molar-refractivity contribution is -0.146. The fourth-order valence-electron chi connectivity index (χ4n) is 5.90. The van der Waals surface area contributed by atoms with Gasteiger partial charge in [0.05, 0.1) is 6.42 Å². The summed E-state index contributed by atoms with van der Waals surface area (Å²) < 4.78 is 5.81. The summed E-state index contributed by atoms with van der Waals surface area (Å²) in [5, 5.41) is 2.80. The summed E-state index contributed by atoms with van der Waals surface area (Å²) in [5.74, 6) is 3.38. The molecule has 0 saturated heterocycles. The van der Waals surface area contributed by atoms with Crippen LogP contribution < -0.4 is 10.1 Å². The van der Waals surface area contributed by atoms with Crippen LogP contribution in [0.2, 0.25) is 0 Å². The third-order valence-electron chi connectivity index (χ3n) is 6.66. The largest absolute Gasteiger partial charge is 0.486 e. The normalized spacial score (nSPS) is 31.7. The SMILES string of the molecule is CCNC(=O)Cc1ccc(OCC(=O)C23CC4CC(CC(C4)C2)C3)cc1. The molecule has 1 aromatic carbocycles. The molecule has 0 spiro atoms. The molecular formula is C22H29NO3. The zero-order valence-electron chi connectivity index (χ0n) is 15.6. The highest BCUT2D eigenvalue weighted by Gasteiger charge is 2.54. The van der Waals surface area contributed by atoms with E-state index < -0.39 is 0 Å². The Morgan fingerprint density at radius 1 is 1.04 bits per heavy atom. The molecule has 4 fully saturated rings. The molecular weight excluding hydrogens is 326 g/mol. The van der Waals surface area contributed by atoms with Crippen LogP contribution in [0.25, 0.3) is 0 Å². The highest BCUT2D eigenvalue weighted by molar-refractivity contribution is 5.86. The van der Waals surface area contributed by atoms with Crippen molar-refractivity contribution in [2.24, 2.45) is 23.2 Å². The first-order valence-electron chi connectivity index (χ1n) is 10.1. The number of ketones is 1. The standard InChI is InChI=1S/C22H29NO3/c1-2-23-21(25)10-15-3-5-19(6-4-15)26-14-20(24)22-11-16-7-17(12-22)9-18(8-16)13-22/h3-6,16-18H,2,7-14H2,1H3,(H,23,25). The number of benzene rings is 1. The number of carbonyl (C=O) groups is 2. The van der Waals surface area contributed by atoms with E-state index in [4.69, 9.17) is 4.74 Å². The van der Waals surface area contributed by atoms with Crippen LogP contribution in [0, 0.1) is 23.2 Å². The average Bonchev–Trinajstić information content (AvgIpc) is 2.60. The van der Waals surface area contributed by atoms with Crippen LogP contribution in [0.15, 0.2) is 24.3 Å². The predicted molar refractivity (Wildman–Crippen MR) is 99.9 cm³/mol. The molecule has 5 rings (SSSR count). The van der Waals surface area contributed by atoms with Crippen LogP contribution >= 0.6 is 0 Å². The van der Waals surface area contributed by atoms with E-state index in [-0.39, 0.29) is 17.9 Å². The van der Waals surface area contributed by atoms with Crippen LogP contribution in [-0.4, -0.2) is 24.8 Å². The smallest absolute Gasteiger partial charge is 0.224 e. The van der Waals surface area contributed by atoms with Crippen LogP contribution in [-0.2, 0) is 16.0 Å².